The molecule has 1 atom stereocenters. The van der Waals surface area contributed by atoms with Crippen LogP contribution in [-0.2, 0) is 0 Å². The van der Waals surface area contributed by atoms with Gasteiger partial charge < -0.3 is 0 Å². The van der Waals surface area contributed by atoms with Crippen molar-refractivity contribution >= 4 is 26.8 Å². The molecule has 3 heteroatoms. The number of nitrogens with zero attached hydrogens (tertiary/aromatic N) is 2. The second-order valence-corrected chi connectivity index (χ2v) is 5.66. The van der Waals surface area contributed by atoms with E-state index in [1.165, 1.54) is 24.6 Å². The summed E-state index contributed by atoms with van der Waals surface area (Å²) in [7, 11) is 0. The zero-order valence-electron chi connectivity index (χ0n) is 9.36. The van der Waals surface area contributed by atoms with Gasteiger partial charge in [0.1, 0.15) is 0 Å². The normalized spacial score (nSPS) is 18.6. The van der Waals surface area contributed by atoms with Crippen molar-refractivity contribution in [1.82, 2.24) is 9.78 Å². The Hall–Kier alpha value is -0.830. The topological polar surface area (TPSA) is 17.8 Å². The summed E-state index contributed by atoms with van der Waals surface area (Å²) >= 11 is 3.50. The van der Waals surface area contributed by atoms with E-state index in [-0.39, 0.29) is 0 Å². The molecule has 1 aliphatic carbocycles. The molecule has 0 radical (unpaired) electrons. The molecule has 1 saturated carbocycles. The molecule has 0 saturated heterocycles. The van der Waals surface area contributed by atoms with Crippen LogP contribution in [0.2, 0.25) is 0 Å². The Kier molecular flexibility index (Phi) is 2.51. The molecule has 0 bridgehead atoms. The number of aromatic nitrogens is 2. The van der Waals surface area contributed by atoms with Gasteiger partial charge in [-0.25, -0.2) is 0 Å². The van der Waals surface area contributed by atoms with Gasteiger partial charge in [-0.3, -0.25) is 4.68 Å². The van der Waals surface area contributed by atoms with Crippen LogP contribution >= 0.6 is 15.9 Å². The third-order valence-corrected chi connectivity index (χ3v) is 4.23. The first-order valence-electron chi connectivity index (χ1n) is 5.88. The number of fused-ring (bicyclic) bond motifs is 1. The van der Waals surface area contributed by atoms with E-state index in [9.17, 15) is 0 Å². The number of benzene rings is 1. The third-order valence-electron chi connectivity index (χ3n) is 3.73. The predicted octanol–water partition coefficient (Wildman–Crippen LogP) is 4.16. The van der Waals surface area contributed by atoms with E-state index in [1.54, 1.807) is 0 Å². The quantitative estimate of drug-likeness (QED) is 0.807. The lowest BCUT2D eigenvalue weighted by Gasteiger charge is -2.31. The van der Waals surface area contributed by atoms with E-state index in [0.29, 0.717) is 6.04 Å². The van der Waals surface area contributed by atoms with Gasteiger partial charge in [-0.2, -0.15) is 5.10 Å². The van der Waals surface area contributed by atoms with Crippen LogP contribution in [0.15, 0.2) is 28.9 Å². The van der Waals surface area contributed by atoms with Crippen molar-refractivity contribution < 1.29 is 0 Å². The number of hydrogen-bond acceptors (Lipinski definition) is 1. The minimum atomic E-state index is 0.542. The molecule has 0 aliphatic heterocycles. The van der Waals surface area contributed by atoms with Crippen molar-refractivity contribution in [1.29, 1.82) is 0 Å². The standard InChI is InChI=1S/C13H15BrN2/c1-9(10-3-2-4-10)16-8-11-7-12(14)5-6-13(11)15-16/h5-10H,2-4H2,1H3/t9-/m0/s1. The van der Waals surface area contributed by atoms with Crippen LogP contribution in [0.25, 0.3) is 10.9 Å². The maximum absolute atomic E-state index is 4.65. The minimum Gasteiger partial charge on any atom is -0.268 e. The molecule has 2 nitrogen and oxygen atoms in total. The third kappa shape index (κ3) is 1.67. The molecule has 1 aromatic heterocycles. The lowest BCUT2D eigenvalue weighted by Crippen LogP contribution is -2.23. The van der Waals surface area contributed by atoms with E-state index in [0.717, 1.165) is 15.9 Å². The van der Waals surface area contributed by atoms with E-state index >= 15 is 0 Å². The zero-order valence-corrected chi connectivity index (χ0v) is 10.9. The lowest BCUT2D eigenvalue weighted by molar-refractivity contribution is 0.211. The summed E-state index contributed by atoms with van der Waals surface area (Å²) in [6.45, 7) is 2.28. The molecule has 0 spiro atoms. The molecule has 0 N–H and O–H groups in total. The van der Waals surface area contributed by atoms with Crippen molar-refractivity contribution in [3.8, 4) is 0 Å². The summed E-state index contributed by atoms with van der Waals surface area (Å²) in [6, 6.07) is 6.79. The average Bonchev–Trinajstić information content (AvgIpc) is 2.57. The van der Waals surface area contributed by atoms with Crippen LogP contribution in [0.5, 0.6) is 0 Å². The van der Waals surface area contributed by atoms with E-state index in [2.05, 4.69) is 51.0 Å². The van der Waals surface area contributed by atoms with Crippen molar-refractivity contribution in [3.63, 3.8) is 0 Å². The highest BCUT2D eigenvalue weighted by atomic mass is 79.9. The molecule has 0 unspecified atom stereocenters. The smallest absolute Gasteiger partial charge is 0.0924 e. The second-order valence-electron chi connectivity index (χ2n) is 4.74. The highest BCUT2D eigenvalue weighted by molar-refractivity contribution is 9.10. The van der Waals surface area contributed by atoms with Crippen LogP contribution in [0.3, 0.4) is 0 Å². The Bertz CT molecular complexity index is 514. The van der Waals surface area contributed by atoms with E-state index < -0.39 is 0 Å². The first-order chi connectivity index (χ1) is 7.74. The Balaban J connectivity index is 1.97. The predicted molar refractivity (Wildman–Crippen MR) is 69.5 cm³/mol. The van der Waals surface area contributed by atoms with Gasteiger partial charge in [-0.05, 0) is 43.9 Å². The van der Waals surface area contributed by atoms with Gasteiger partial charge in [0, 0.05) is 16.1 Å². The minimum absolute atomic E-state index is 0.542. The fraction of sp³-hybridized carbons (Fsp3) is 0.462. The Morgan fingerprint density at radius 3 is 2.94 bits per heavy atom. The fourth-order valence-electron chi connectivity index (χ4n) is 2.36. The molecule has 1 aromatic carbocycles. The van der Waals surface area contributed by atoms with Crippen molar-refractivity contribution in [3.05, 3.63) is 28.9 Å². The second kappa shape index (κ2) is 3.88. The molecule has 2 aromatic rings. The molecule has 3 rings (SSSR count). The zero-order chi connectivity index (χ0) is 11.1. The largest absolute Gasteiger partial charge is 0.268 e. The summed E-state index contributed by atoms with van der Waals surface area (Å²) in [5, 5.41) is 5.88. The molecule has 1 heterocycles. The molecule has 1 fully saturated rings. The van der Waals surface area contributed by atoms with Crippen molar-refractivity contribution in [2.24, 2.45) is 5.92 Å². The fourth-order valence-corrected chi connectivity index (χ4v) is 2.74. The van der Waals surface area contributed by atoms with Crippen LogP contribution < -0.4 is 0 Å². The Morgan fingerprint density at radius 2 is 2.25 bits per heavy atom. The van der Waals surface area contributed by atoms with Gasteiger partial charge in [-0.1, -0.05) is 22.4 Å². The van der Waals surface area contributed by atoms with Crippen LogP contribution in [0, 0.1) is 5.92 Å². The summed E-state index contributed by atoms with van der Waals surface area (Å²) in [6.07, 6.45) is 6.28. The summed E-state index contributed by atoms with van der Waals surface area (Å²) in [4.78, 5) is 0. The molecular formula is C13H15BrN2. The molecule has 16 heavy (non-hydrogen) atoms. The summed E-state index contributed by atoms with van der Waals surface area (Å²) in [5.74, 6) is 0.831. The van der Waals surface area contributed by atoms with Crippen molar-refractivity contribution in [2.75, 3.05) is 0 Å². The van der Waals surface area contributed by atoms with Gasteiger partial charge in [0.2, 0.25) is 0 Å². The molecular weight excluding hydrogens is 264 g/mol. The first kappa shape index (κ1) is 10.3. The van der Waals surface area contributed by atoms with E-state index in [4.69, 9.17) is 0 Å². The van der Waals surface area contributed by atoms with Crippen LogP contribution in [0.4, 0.5) is 0 Å². The van der Waals surface area contributed by atoms with E-state index in [1.807, 2.05) is 6.07 Å². The average molecular weight is 279 g/mol. The van der Waals surface area contributed by atoms with Gasteiger partial charge in [0.15, 0.2) is 0 Å². The maximum atomic E-state index is 4.65. The van der Waals surface area contributed by atoms with Gasteiger partial charge in [0.25, 0.3) is 0 Å². The first-order valence-corrected chi connectivity index (χ1v) is 6.68. The van der Waals surface area contributed by atoms with Gasteiger partial charge in [0.05, 0.1) is 11.6 Å². The summed E-state index contributed by atoms with van der Waals surface area (Å²) in [5.41, 5.74) is 1.09. The van der Waals surface area contributed by atoms with Crippen LogP contribution in [-0.4, -0.2) is 9.78 Å². The summed E-state index contributed by atoms with van der Waals surface area (Å²) < 4.78 is 3.26. The lowest BCUT2D eigenvalue weighted by atomic mass is 9.80. The highest BCUT2D eigenvalue weighted by Gasteiger charge is 2.25. The maximum Gasteiger partial charge on any atom is 0.0924 e. The number of hydrogen-bond donors (Lipinski definition) is 0. The Morgan fingerprint density at radius 1 is 1.44 bits per heavy atom. The molecule has 1 aliphatic rings. The molecule has 0 amide bonds. The number of rotatable bonds is 2. The molecule has 84 valence electrons. The van der Waals surface area contributed by atoms with Gasteiger partial charge >= 0.3 is 0 Å². The van der Waals surface area contributed by atoms with Gasteiger partial charge in [-0.15, -0.1) is 0 Å². The van der Waals surface area contributed by atoms with Crippen molar-refractivity contribution in [2.45, 2.75) is 32.2 Å². The monoisotopic (exact) mass is 278 g/mol. The number of halogens is 1. The SMILES string of the molecule is C[C@@H](C1CCC1)n1cc2cc(Br)ccc2n1. The Labute approximate surface area is 104 Å². The highest BCUT2D eigenvalue weighted by Crippen LogP contribution is 2.36. The van der Waals surface area contributed by atoms with Crippen LogP contribution in [0.1, 0.15) is 32.2 Å².